The van der Waals surface area contributed by atoms with E-state index in [9.17, 15) is 0 Å². The summed E-state index contributed by atoms with van der Waals surface area (Å²) in [6.07, 6.45) is 6.47. The molecule has 0 aliphatic carbocycles. The number of aryl methyl sites for hydroxylation is 2. The predicted octanol–water partition coefficient (Wildman–Crippen LogP) is 6.77. The van der Waals surface area contributed by atoms with Crippen LogP contribution in [0.3, 0.4) is 0 Å². The van der Waals surface area contributed by atoms with E-state index in [0.717, 1.165) is 36.9 Å². The molecule has 4 heteroatoms. The third-order valence-corrected chi connectivity index (χ3v) is 5.55. The number of H-pyrrole nitrogens is 1. The lowest BCUT2D eigenvalue weighted by atomic mass is 9.98. The number of aromatic amines is 1. The van der Waals surface area contributed by atoms with Gasteiger partial charge in [-0.05, 0) is 61.9 Å². The summed E-state index contributed by atoms with van der Waals surface area (Å²) in [6, 6.07) is 12.3. The monoisotopic (exact) mass is 388 g/mol. The molecule has 2 nitrogen and oxygen atoms in total. The Morgan fingerprint density at radius 3 is 2.35 bits per heavy atom. The quantitative estimate of drug-likeness (QED) is 0.410. The highest BCUT2D eigenvalue weighted by Crippen LogP contribution is 2.40. The summed E-state index contributed by atoms with van der Waals surface area (Å²) in [4.78, 5) is 3.67. The summed E-state index contributed by atoms with van der Waals surface area (Å²) >= 11 is 13.0. The summed E-state index contributed by atoms with van der Waals surface area (Å²) in [5.74, 6) is 0. The maximum atomic E-state index is 6.52. The molecule has 0 radical (unpaired) electrons. The van der Waals surface area contributed by atoms with E-state index in [1.165, 1.54) is 34.9 Å². The summed E-state index contributed by atoms with van der Waals surface area (Å²) in [6.45, 7) is 2.94. The Balaban J connectivity index is 2.18. The van der Waals surface area contributed by atoms with E-state index in [2.05, 4.69) is 30.1 Å². The van der Waals surface area contributed by atoms with Gasteiger partial charge in [-0.25, -0.2) is 0 Å². The van der Waals surface area contributed by atoms with Gasteiger partial charge in [-0.15, -0.1) is 0 Å². The van der Waals surface area contributed by atoms with Crippen molar-refractivity contribution in [2.75, 3.05) is 6.54 Å². The number of nitrogens with one attached hydrogen (secondary N) is 1. The first-order valence-electron chi connectivity index (χ1n) is 9.44. The van der Waals surface area contributed by atoms with Crippen LogP contribution in [0.2, 0.25) is 10.0 Å². The van der Waals surface area contributed by atoms with Crippen molar-refractivity contribution in [3.05, 3.63) is 57.6 Å². The largest absolute Gasteiger partial charge is 0.354 e. The van der Waals surface area contributed by atoms with Crippen molar-refractivity contribution < 1.29 is 0 Å². The summed E-state index contributed by atoms with van der Waals surface area (Å²) < 4.78 is 0. The van der Waals surface area contributed by atoms with Crippen molar-refractivity contribution in [2.45, 2.75) is 45.4 Å². The second-order valence-corrected chi connectivity index (χ2v) is 7.58. The van der Waals surface area contributed by atoms with Gasteiger partial charge in [0.1, 0.15) is 0 Å². The first kappa shape index (κ1) is 19.3. The van der Waals surface area contributed by atoms with Crippen LogP contribution in [-0.2, 0) is 12.8 Å². The summed E-state index contributed by atoms with van der Waals surface area (Å²) in [7, 11) is 0. The average Bonchev–Trinajstić information content (AvgIpc) is 2.99. The zero-order valence-electron chi connectivity index (χ0n) is 15.2. The Labute approximate surface area is 165 Å². The SMILES string of the molecule is CCCCc1cccc2c(CCCCN)c(-c3c(Cl)cccc3Cl)[nH]c12. The minimum Gasteiger partial charge on any atom is -0.354 e. The van der Waals surface area contributed by atoms with Crippen LogP contribution in [0, 0.1) is 0 Å². The molecule has 0 amide bonds. The molecule has 3 N–H and O–H groups in total. The lowest BCUT2D eigenvalue weighted by Crippen LogP contribution is -1.99. The van der Waals surface area contributed by atoms with Gasteiger partial charge in [0.25, 0.3) is 0 Å². The van der Waals surface area contributed by atoms with E-state index in [-0.39, 0.29) is 0 Å². The Hall–Kier alpha value is -1.48. The highest BCUT2D eigenvalue weighted by molar-refractivity contribution is 6.39. The van der Waals surface area contributed by atoms with E-state index >= 15 is 0 Å². The van der Waals surface area contributed by atoms with Gasteiger partial charge in [-0.2, -0.15) is 0 Å². The number of hydrogen-bond donors (Lipinski definition) is 2. The number of para-hydroxylation sites is 1. The van der Waals surface area contributed by atoms with E-state index in [1.54, 1.807) is 0 Å². The molecule has 1 aromatic heterocycles. The van der Waals surface area contributed by atoms with Crippen molar-refractivity contribution >= 4 is 34.1 Å². The molecule has 0 bridgehead atoms. The normalized spacial score (nSPS) is 11.4. The molecule has 0 saturated heterocycles. The molecule has 0 fully saturated rings. The fourth-order valence-corrected chi connectivity index (χ4v) is 4.15. The minimum atomic E-state index is 0.680. The molecule has 138 valence electrons. The smallest absolute Gasteiger partial charge is 0.0527 e. The van der Waals surface area contributed by atoms with Crippen LogP contribution in [0.25, 0.3) is 22.2 Å². The summed E-state index contributed by atoms with van der Waals surface area (Å²) in [5, 5.41) is 2.64. The Morgan fingerprint density at radius 2 is 1.65 bits per heavy atom. The number of benzene rings is 2. The standard InChI is InChI=1S/C22H26Cl2N2/c1-2-3-8-15-9-6-11-16-17(10-4-5-14-25)22(26-21(15)16)20-18(23)12-7-13-19(20)24/h6-7,9,11-13,26H,2-5,8,10,14,25H2,1H3. The van der Waals surface area contributed by atoms with Crippen LogP contribution < -0.4 is 5.73 Å². The van der Waals surface area contributed by atoms with Gasteiger partial charge in [0, 0.05) is 16.5 Å². The predicted molar refractivity (Wildman–Crippen MR) is 114 cm³/mol. The molecule has 26 heavy (non-hydrogen) atoms. The van der Waals surface area contributed by atoms with Gasteiger partial charge in [-0.1, -0.05) is 60.8 Å². The van der Waals surface area contributed by atoms with Crippen molar-refractivity contribution in [1.29, 1.82) is 0 Å². The number of fused-ring (bicyclic) bond motifs is 1. The number of aromatic nitrogens is 1. The molecule has 0 aliphatic rings. The maximum Gasteiger partial charge on any atom is 0.0527 e. The topological polar surface area (TPSA) is 41.8 Å². The van der Waals surface area contributed by atoms with Crippen molar-refractivity contribution in [3.8, 4) is 11.3 Å². The van der Waals surface area contributed by atoms with Crippen LogP contribution in [-0.4, -0.2) is 11.5 Å². The lowest BCUT2D eigenvalue weighted by Gasteiger charge is -2.09. The molecule has 0 unspecified atom stereocenters. The van der Waals surface area contributed by atoms with Gasteiger partial charge >= 0.3 is 0 Å². The van der Waals surface area contributed by atoms with E-state index < -0.39 is 0 Å². The third kappa shape index (κ3) is 3.93. The maximum absolute atomic E-state index is 6.52. The van der Waals surface area contributed by atoms with E-state index in [4.69, 9.17) is 28.9 Å². The Morgan fingerprint density at radius 1 is 0.923 bits per heavy atom. The zero-order valence-corrected chi connectivity index (χ0v) is 16.8. The molecule has 0 spiro atoms. The minimum absolute atomic E-state index is 0.680. The molecule has 0 aliphatic heterocycles. The third-order valence-electron chi connectivity index (χ3n) is 4.92. The van der Waals surface area contributed by atoms with Gasteiger partial charge in [0.2, 0.25) is 0 Å². The molecule has 3 rings (SSSR count). The first-order valence-corrected chi connectivity index (χ1v) is 10.2. The van der Waals surface area contributed by atoms with Crippen LogP contribution in [0.4, 0.5) is 0 Å². The van der Waals surface area contributed by atoms with E-state index in [1.807, 2.05) is 18.2 Å². The number of nitrogens with two attached hydrogens (primary N) is 1. The second kappa shape index (κ2) is 8.94. The first-order chi connectivity index (χ1) is 12.7. The number of hydrogen-bond acceptors (Lipinski definition) is 1. The summed E-state index contributed by atoms with van der Waals surface area (Å²) in [5.41, 5.74) is 11.5. The van der Waals surface area contributed by atoms with Gasteiger partial charge in [0.15, 0.2) is 0 Å². The molecule has 3 aromatic rings. The van der Waals surface area contributed by atoms with E-state index in [0.29, 0.717) is 16.6 Å². The molecular formula is C22H26Cl2N2. The molecule has 0 saturated carbocycles. The van der Waals surface area contributed by atoms with Crippen molar-refractivity contribution in [2.24, 2.45) is 5.73 Å². The van der Waals surface area contributed by atoms with Crippen LogP contribution in [0.15, 0.2) is 36.4 Å². The number of rotatable bonds is 8. The van der Waals surface area contributed by atoms with Crippen LogP contribution >= 0.6 is 23.2 Å². The molecule has 0 atom stereocenters. The Kier molecular flexibility index (Phi) is 6.63. The molecule has 2 aromatic carbocycles. The fraction of sp³-hybridized carbons (Fsp3) is 0.364. The van der Waals surface area contributed by atoms with Crippen molar-refractivity contribution in [1.82, 2.24) is 4.98 Å². The fourth-order valence-electron chi connectivity index (χ4n) is 3.57. The number of unbranched alkanes of at least 4 members (excludes halogenated alkanes) is 2. The van der Waals surface area contributed by atoms with Crippen LogP contribution in [0.5, 0.6) is 0 Å². The van der Waals surface area contributed by atoms with Gasteiger partial charge in [-0.3, -0.25) is 0 Å². The molecular weight excluding hydrogens is 363 g/mol. The van der Waals surface area contributed by atoms with Crippen LogP contribution in [0.1, 0.15) is 43.7 Å². The average molecular weight is 389 g/mol. The number of halogens is 2. The highest BCUT2D eigenvalue weighted by Gasteiger charge is 2.19. The van der Waals surface area contributed by atoms with Crippen molar-refractivity contribution in [3.63, 3.8) is 0 Å². The van der Waals surface area contributed by atoms with Gasteiger partial charge in [0.05, 0.1) is 15.7 Å². The molecule has 1 heterocycles. The van der Waals surface area contributed by atoms with Gasteiger partial charge < -0.3 is 10.7 Å². The zero-order chi connectivity index (χ0) is 18.5. The second-order valence-electron chi connectivity index (χ2n) is 6.76. The lowest BCUT2D eigenvalue weighted by molar-refractivity contribution is 0.748. The Bertz CT molecular complexity index is 863. The highest BCUT2D eigenvalue weighted by atomic mass is 35.5.